The number of allylic oxidation sites excluding steroid dienone is 1. The molecule has 0 saturated carbocycles. The lowest BCUT2D eigenvalue weighted by Crippen LogP contribution is -2.41. The van der Waals surface area contributed by atoms with Gasteiger partial charge in [0.1, 0.15) is 0 Å². The first kappa shape index (κ1) is 11.0. The van der Waals surface area contributed by atoms with E-state index in [1.165, 1.54) is 0 Å². The largest absolute Gasteiger partial charge is 0.499 e. The molecule has 0 radical (unpaired) electrons. The molecule has 0 unspecified atom stereocenters. The van der Waals surface area contributed by atoms with Crippen LogP contribution in [0.15, 0.2) is 11.2 Å². The molecule has 2 aliphatic heterocycles. The molecule has 0 bridgehead atoms. The van der Waals surface area contributed by atoms with Gasteiger partial charge >= 0.3 is 7.12 Å². The third kappa shape index (κ3) is 1.70. The maximum atomic E-state index is 5.96. The van der Waals surface area contributed by atoms with Crippen molar-refractivity contribution in [3.8, 4) is 0 Å². The first-order valence-electron chi connectivity index (χ1n) is 5.51. The van der Waals surface area contributed by atoms with E-state index in [1.54, 1.807) is 0 Å². The predicted molar refractivity (Wildman–Crippen MR) is 59.4 cm³/mol. The van der Waals surface area contributed by atoms with Crippen molar-refractivity contribution in [1.82, 2.24) is 0 Å². The van der Waals surface area contributed by atoms with Crippen LogP contribution in [0.4, 0.5) is 0 Å². The van der Waals surface area contributed by atoms with Gasteiger partial charge in [0, 0.05) is 11.9 Å². The highest BCUT2D eigenvalue weighted by molar-refractivity contribution is 6.54. The van der Waals surface area contributed by atoms with Crippen LogP contribution in [0.25, 0.3) is 0 Å². The van der Waals surface area contributed by atoms with Gasteiger partial charge in [0.25, 0.3) is 0 Å². The SMILES string of the molecule is CC1=C(B2OC(C)(C)C(C)(C)O2)CCO1. The molecule has 0 N–H and O–H groups in total. The molecule has 0 spiro atoms. The number of ether oxygens (including phenoxy) is 1. The summed E-state index contributed by atoms with van der Waals surface area (Å²) < 4.78 is 17.4. The second kappa shape index (κ2) is 3.26. The summed E-state index contributed by atoms with van der Waals surface area (Å²) in [6, 6.07) is 0. The van der Waals surface area contributed by atoms with Crippen LogP contribution in [0.2, 0.25) is 0 Å². The lowest BCUT2D eigenvalue weighted by Gasteiger charge is -2.32. The van der Waals surface area contributed by atoms with E-state index in [0.29, 0.717) is 0 Å². The van der Waals surface area contributed by atoms with Crippen molar-refractivity contribution < 1.29 is 14.0 Å². The Kier molecular flexibility index (Phi) is 2.39. The molecule has 15 heavy (non-hydrogen) atoms. The van der Waals surface area contributed by atoms with E-state index in [9.17, 15) is 0 Å². The molecule has 3 nitrogen and oxygen atoms in total. The molecule has 0 amide bonds. The Balaban J connectivity index is 2.20. The minimum atomic E-state index is -0.256. The van der Waals surface area contributed by atoms with Crippen molar-refractivity contribution >= 4 is 7.12 Å². The second-order valence-corrected chi connectivity index (χ2v) is 5.27. The van der Waals surface area contributed by atoms with Crippen molar-refractivity contribution in [2.24, 2.45) is 0 Å². The first-order chi connectivity index (χ1) is 6.83. The zero-order valence-corrected chi connectivity index (χ0v) is 10.2. The molecular formula is C11H19BO3. The van der Waals surface area contributed by atoms with E-state index < -0.39 is 0 Å². The maximum absolute atomic E-state index is 5.96. The van der Waals surface area contributed by atoms with Gasteiger partial charge in [-0.05, 0) is 34.6 Å². The Bertz CT molecular complexity index is 291. The summed E-state index contributed by atoms with van der Waals surface area (Å²) in [5.41, 5.74) is 0.648. The first-order valence-corrected chi connectivity index (χ1v) is 5.51. The van der Waals surface area contributed by atoms with E-state index in [0.717, 1.165) is 24.3 Å². The smallest absolute Gasteiger partial charge is 0.494 e. The summed E-state index contributed by atoms with van der Waals surface area (Å²) in [6.07, 6.45) is 0.919. The molecule has 2 rings (SSSR count). The van der Waals surface area contributed by atoms with Gasteiger partial charge < -0.3 is 14.0 Å². The van der Waals surface area contributed by atoms with Crippen LogP contribution >= 0.6 is 0 Å². The van der Waals surface area contributed by atoms with Crippen LogP contribution in [-0.2, 0) is 14.0 Å². The minimum absolute atomic E-state index is 0.225. The third-order valence-corrected chi connectivity index (χ3v) is 3.68. The van der Waals surface area contributed by atoms with Gasteiger partial charge in [-0.3, -0.25) is 0 Å². The molecule has 2 aliphatic rings. The summed E-state index contributed by atoms with van der Waals surface area (Å²) in [5.74, 6) is 0.966. The molecule has 4 heteroatoms. The van der Waals surface area contributed by atoms with Crippen LogP contribution in [0.5, 0.6) is 0 Å². The highest BCUT2D eigenvalue weighted by Gasteiger charge is 2.53. The van der Waals surface area contributed by atoms with Gasteiger partial charge in [-0.1, -0.05) is 0 Å². The molecule has 0 atom stereocenters. The molecule has 0 aliphatic carbocycles. The molecule has 0 aromatic rings. The van der Waals surface area contributed by atoms with Crippen LogP contribution in [-0.4, -0.2) is 24.9 Å². The standard InChI is InChI=1S/C11H19BO3/c1-8-9(6-7-13-8)12-14-10(2,3)11(4,5)15-12/h6-7H2,1-5H3. The Morgan fingerprint density at radius 3 is 2.00 bits per heavy atom. The van der Waals surface area contributed by atoms with Crippen LogP contribution < -0.4 is 0 Å². The Labute approximate surface area is 91.9 Å². The van der Waals surface area contributed by atoms with Crippen LogP contribution in [0.1, 0.15) is 41.0 Å². The van der Waals surface area contributed by atoms with Gasteiger partial charge in [0.05, 0.1) is 23.6 Å². The van der Waals surface area contributed by atoms with E-state index >= 15 is 0 Å². The topological polar surface area (TPSA) is 27.7 Å². The summed E-state index contributed by atoms with van der Waals surface area (Å²) in [5, 5.41) is 0. The minimum Gasteiger partial charge on any atom is -0.499 e. The summed E-state index contributed by atoms with van der Waals surface area (Å²) in [7, 11) is -0.225. The van der Waals surface area contributed by atoms with Crippen molar-refractivity contribution in [3.63, 3.8) is 0 Å². The molecule has 1 fully saturated rings. The average Bonchev–Trinajstić information content (AvgIpc) is 2.55. The molecule has 1 saturated heterocycles. The molecule has 2 heterocycles. The summed E-state index contributed by atoms with van der Waals surface area (Å²) in [6.45, 7) is 11.0. The number of rotatable bonds is 1. The highest BCUT2D eigenvalue weighted by atomic mass is 16.7. The quantitative estimate of drug-likeness (QED) is 0.621. The lowest BCUT2D eigenvalue weighted by molar-refractivity contribution is 0.00578. The van der Waals surface area contributed by atoms with Gasteiger partial charge in [-0.15, -0.1) is 0 Å². The Hall–Kier alpha value is -0.475. The molecule has 0 aromatic carbocycles. The van der Waals surface area contributed by atoms with Gasteiger partial charge in [0.2, 0.25) is 0 Å². The summed E-state index contributed by atoms with van der Waals surface area (Å²) in [4.78, 5) is 0. The fourth-order valence-electron chi connectivity index (χ4n) is 1.85. The number of hydrogen-bond acceptors (Lipinski definition) is 3. The zero-order chi connectivity index (χ0) is 11.3. The predicted octanol–water partition coefficient (Wildman–Crippen LogP) is 2.31. The number of hydrogen-bond donors (Lipinski definition) is 0. The third-order valence-electron chi connectivity index (χ3n) is 3.68. The van der Waals surface area contributed by atoms with Gasteiger partial charge in [0.15, 0.2) is 0 Å². The van der Waals surface area contributed by atoms with Crippen LogP contribution in [0.3, 0.4) is 0 Å². The lowest BCUT2D eigenvalue weighted by atomic mass is 9.76. The fourth-order valence-corrected chi connectivity index (χ4v) is 1.85. The molecule has 84 valence electrons. The monoisotopic (exact) mass is 210 g/mol. The second-order valence-electron chi connectivity index (χ2n) is 5.27. The summed E-state index contributed by atoms with van der Waals surface area (Å²) >= 11 is 0. The molecule has 0 aromatic heterocycles. The van der Waals surface area contributed by atoms with E-state index in [2.05, 4.69) is 27.7 Å². The van der Waals surface area contributed by atoms with E-state index in [4.69, 9.17) is 14.0 Å². The van der Waals surface area contributed by atoms with Crippen LogP contribution in [0, 0.1) is 0 Å². The van der Waals surface area contributed by atoms with Crippen molar-refractivity contribution in [2.75, 3.05) is 6.61 Å². The Morgan fingerprint density at radius 2 is 1.60 bits per heavy atom. The Morgan fingerprint density at radius 1 is 1.07 bits per heavy atom. The average molecular weight is 210 g/mol. The van der Waals surface area contributed by atoms with E-state index in [1.807, 2.05) is 6.92 Å². The maximum Gasteiger partial charge on any atom is 0.494 e. The van der Waals surface area contributed by atoms with Crippen molar-refractivity contribution in [2.45, 2.75) is 52.2 Å². The fraction of sp³-hybridized carbons (Fsp3) is 0.818. The van der Waals surface area contributed by atoms with Crippen molar-refractivity contribution in [3.05, 3.63) is 11.2 Å². The zero-order valence-electron chi connectivity index (χ0n) is 10.2. The van der Waals surface area contributed by atoms with Gasteiger partial charge in [-0.2, -0.15) is 0 Å². The highest BCUT2D eigenvalue weighted by Crippen LogP contribution is 2.40. The van der Waals surface area contributed by atoms with E-state index in [-0.39, 0.29) is 18.3 Å². The van der Waals surface area contributed by atoms with Crippen molar-refractivity contribution in [1.29, 1.82) is 0 Å². The normalized spacial score (nSPS) is 28.5. The van der Waals surface area contributed by atoms with Gasteiger partial charge in [-0.25, -0.2) is 0 Å². The molecular weight excluding hydrogens is 191 g/mol.